The molecule has 1 heterocycles. The highest BCUT2D eigenvalue weighted by atomic mass is 32.1. The van der Waals surface area contributed by atoms with E-state index in [2.05, 4.69) is 6.08 Å². The average Bonchev–Trinajstić information content (AvgIpc) is 2.89. The fourth-order valence-corrected chi connectivity index (χ4v) is 3.43. The van der Waals surface area contributed by atoms with Crippen LogP contribution in [0, 0.1) is 5.41 Å². The van der Waals surface area contributed by atoms with Gasteiger partial charge in [0.05, 0.1) is 4.88 Å². The van der Waals surface area contributed by atoms with E-state index in [1.807, 2.05) is 54.6 Å². The van der Waals surface area contributed by atoms with Gasteiger partial charge in [-0.15, -0.1) is 11.3 Å². The third-order valence-corrected chi connectivity index (χ3v) is 4.79. The number of benzene rings is 1. The van der Waals surface area contributed by atoms with Gasteiger partial charge >= 0.3 is 0 Å². The van der Waals surface area contributed by atoms with Gasteiger partial charge in [0, 0.05) is 16.5 Å². The Morgan fingerprint density at radius 1 is 1.33 bits per heavy atom. The Labute approximate surface area is 144 Å². The molecule has 4 N–H and O–H groups in total. The highest BCUT2D eigenvalue weighted by Crippen LogP contribution is 2.29. The summed E-state index contributed by atoms with van der Waals surface area (Å²) in [7, 11) is 0. The lowest BCUT2D eigenvalue weighted by Gasteiger charge is -2.02. The number of aliphatic hydroxyl groups excluding tert-OH is 1. The Bertz CT molecular complexity index is 888. The molecule has 0 saturated heterocycles. The second-order valence-corrected chi connectivity index (χ2v) is 6.38. The van der Waals surface area contributed by atoms with Crippen LogP contribution >= 0.6 is 11.3 Å². The minimum atomic E-state index is -0.308. The Morgan fingerprint density at radius 3 is 3.00 bits per heavy atom. The molecule has 0 unspecified atom stereocenters. The summed E-state index contributed by atoms with van der Waals surface area (Å²) in [5.74, 6) is 0.838. The van der Waals surface area contributed by atoms with E-state index in [0.717, 1.165) is 31.9 Å². The lowest BCUT2D eigenvalue weighted by Crippen LogP contribution is -2.08. The van der Waals surface area contributed by atoms with Crippen molar-refractivity contribution in [3.8, 4) is 0 Å². The standard InChI is InChI=1S/C19H18N2O2S/c20-19(21)18-11-16-14(4-2-6-17(16)24-18)9-7-13-3-1-5-15(10-8-13)23-12-22/h1-4,6-11,22H,5,12H2,(H3,20,21)/b9-7+. The van der Waals surface area contributed by atoms with Gasteiger partial charge in [0.2, 0.25) is 0 Å². The van der Waals surface area contributed by atoms with Gasteiger partial charge in [-0.25, -0.2) is 0 Å². The molecule has 1 aromatic carbocycles. The molecule has 1 aliphatic carbocycles. The number of aliphatic hydroxyl groups is 1. The van der Waals surface area contributed by atoms with Gasteiger partial charge in [-0.05, 0) is 29.3 Å². The number of rotatable bonds is 5. The van der Waals surface area contributed by atoms with Crippen LogP contribution in [0.5, 0.6) is 0 Å². The first-order chi connectivity index (χ1) is 11.7. The summed E-state index contributed by atoms with van der Waals surface area (Å²) in [5, 5.41) is 17.5. The minimum Gasteiger partial charge on any atom is -0.472 e. The fourth-order valence-electron chi connectivity index (χ4n) is 2.47. The molecule has 4 nitrogen and oxygen atoms in total. The van der Waals surface area contributed by atoms with Gasteiger partial charge in [-0.2, -0.15) is 0 Å². The second kappa shape index (κ2) is 7.29. The molecule has 0 atom stereocenters. The average molecular weight is 338 g/mol. The molecular formula is C19H18N2O2S. The third kappa shape index (κ3) is 3.64. The molecule has 0 bridgehead atoms. The first kappa shape index (κ1) is 16.2. The number of nitrogen functional groups attached to an aromatic ring is 1. The molecule has 2 aromatic rings. The molecular weight excluding hydrogens is 320 g/mol. The summed E-state index contributed by atoms with van der Waals surface area (Å²) in [6, 6.07) is 8.06. The Balaban J connectivity index is 1.89. The largest absolute Gasteiger partial charge is 0.472 e. The lowest BCUT2D eigenvalue weighted by atomic mass is 10.1. The van der Waals surface area contributed by atoms with Crippen molar-refractivity contribution >= 4 is 33.3 Å². The number of nitrogens with one attached hydrogen (secondary N) is 1. The van der Waals surface area contributed by atoms with Gasteiger partial charge < -0.3 is 15.6 Å². The van der Waals surface area contributed by atoms with Crippen molar-refractivity contribution < 1.29 is 9.84 Å². The van der Waals surface area contributed by atoms with Crippen LogP contribution in [0.4, 0.5) is 0 Å². The molecule has 24 heavy (non-hydrogen) atoms. The van der Waals surface area contributed by atoms with Gasteiger partial charge in [0.1, 0.15) is 11.6 Å². The van der Waals surface area contributed by atoms with Gasteiger partial charge in [0.15, 0.2) is 6.79 Å². The van der Waals surface area contributed by atoms with Crippen LogP contribution in [0.15, 0.2) is 66.0 Å². The molecule has 0 saturated carbocycles. The van der Waals surface area contributed by atoms with Crippen LogP contribution in [0.25, 0.3) is 16.2 Å². The van der Waals surface area contributed by atoms with Crippen molar-refractivity contribution in [1.29, 1.82) is 5.41 Å². The van der Waals surface area contributed by atoms with Crippen LogP contribution in [0.1, 0.15) is 16.9 Å². The fraction of sp³-hybridized carbons (Fsp3) is 0.105. The van der Waals surface area contributed by atoms with Crippen LogP contribution in [-0.4, -0.2) is 17.7 Å². The van der Waals surface area contributed by atoms with E-state index in [1.54, 1.807) is 0 Å². The van der Waals surface area contributed by atoms with E-state index in [0.29, 0.717) is 6.42 Å². The number of ether oxygens (including phenoxy) is 1. The van der Waals surface area contributed by atoms with Crippen molar-refractivity contribution in [2.24, 2.45) is 5.73 Å². The molecule has 0 fully saturated rings. The van der Waals surface area contributed by atoms with E-state index >= 15 is 0 Å². The maximum absolute atomic E-state index is 8.83. The maximum atomic E-state index is 8.83. The zero-order valence-electron chi connectivity index (χ0n) is 13.0. The maximum Gasteiger partial charge on any atom is 0.185 e. The smallest absolute Gasteiger partial charge is 0.185 e. The molecule has 1 aromatic heterocycles. The number of nitrogens with two attached hydrogens (primary N) is 1. The highest BCUT2D eigenvalue weighted by molar-refractivity contribution is 7.20. The van der Waals surface area contributed by atoms with Crippen molar-refractivity contribution in [2.45, 2.75) is 6.42 Å². The molecule has 0 radical (unpaired) electrons. The molecule has 0 spiro atoms. The normalized spacial score (nSPS) is 14.5. The lowest BCUT2D eigenvalue weighted by molar-refractivity contribution is 0.0404. The van der Waals surface area contributed by atoms with E-state index in [1.165, 1.54) is 11.3 Å². The Morgan fingerprint density at radius 2 is 2.21 bits per heavy atom. The molecule has 0 amide bonds. The summed E-state index contributed by atoms with van der Waals surface area (Å²) in [6.07, 6.45) is 12.6. The first-order valence-electron chi connectivity index (χ1n) is 7.53. The van der Waals surface area contributed by atoms with Crippen LogP contribution in [0.3, 0.4) is 0 Å². The monoisotopic (exact) mass is 338 g/mol. The van der Waals surface area contributed by atoms with E-state index in [4.69, 9.17) is 21.0 Å². The second-order valence-electron chi connectivity index (χ2n) is 5.30. The number of hydrogen-bond acceptors (Lipinski definition) is 4. The number of amidine groups is 1. The Hall–Kier alpha value is -2.63. The van der Waals surface area contributed by atoms with Crippen LogP contribution in [-0.2, 0) is 4.74 Å². The van der Waals surface area contributed by atoms with Crippen LogP contribution in [0.2, 0.25) is 0 Å². The van der Waals surface area contributed by atoms with Crippen molar-refractivity contribution in [1.82, 2.24) is 0 Å². The van der Waals surface area contributed by atoms with Crippen molar-refractivity contribution in [3.63, 3.8) is 0 Å². The SMILES string of the molecule is N=C(N)c1cc2c(/C=C/C3=CC=C(OCO)CC=C3)cccc2s1. The predicted octanol–water partition coefficient (Wildman–Crippen LogP) is 3.94. The molecule has 3 rings (SSSR count). The van der Waals surface area contributed by atoms with E-state index < -0.39 is 0 Å². The number of hydrogen-bond donors (Lipinski definition) is 3. The van der Waals surface area contributed by atoms with E-state index in [9.17, 15) is 0 Å². The third-order valence-electron chi connectivity index (χ3n) is 3.66. The number of thiophene rings is 1. The number of allylic oxidation sites excluding steroid dienone is 6. The molecule has 0 aliphatic heterocycles. The van der Waals surface area contributed by atoms with Crippen molar-refractivity contribution in [3.05, 3.63) is 76.4 Å². The summed E-state index contributed by atoms with van der Waals surface area (Å²) >= 11 is 1.53. The predicted molar refractivity (Wildman–Crippen MR) is 100.0 cm³/mol. The zero-order valence-corrected chi connectivity index (χ0v) is 13.8. The highest BCUT2D eigenvalue weighted by Gasteiger charge is 2.06. The quantitative estimate of drug-likeness (QED) is 0.439. The summed E-state index contributed by atoms with van der Waals surface area (Å²) in [4.78, 5) is 0.785. The van der Waals surface area contributed by atoms with Gasteiger partial charge in [0.25, 0.3) is 0 Å². The van der Waals surface area contributed by atoms with Crippen molar-refractivity contribution in [2.75, 3.05) is 6.79 Å². The molecule has 1 aliphatic rings. The summed E-state index contributed by atoms with van der Waals surface area (Å²) in [5.41, 5.74) is 7.73. The van der Waals surface area contributed by atoms with Gasteiger partial charge in [-0.1, -0.05) is 42.5 Å². The molecule has 122 valence electrons. The minimum absolute atomic E-state index is 0.0992. The first-order valence-corrected chi connectivity index (χ1v) is 8.35. The summed E-state index contributed by atoms with van der Waals surface area (Å²) < 4.78 is 6.24. The zero-order chi connectivity index (χ0) is 16.9. The van der Waals surface area contributed by atoms with E-state index in [-0.39, 0.29) is 12.6 Å². The Kier molecular flexibility index (Phi) is 4.93. The number of fused-ring (bicyclic) bond motifs is 1. The topological polar surface area (TPSA) is 79.3 Å². The molecule has 5 heteroatoms. The summed E-state index contributed by atoms with van der Waals surface area (Å²) in [6.45, 7) is -0.308. The van der Waals surface area contributed by atoms with Crippen LogP contribution < -0.4 is 5.73 Å². The van der Waals surface area contributed by atoms with Gasteiger partial charge in [-0.3, -0.25) is 5.41 Å².